The number of nitrogens with zero attached hydrogens (tertiary/aromatic N) is 3. The molecule has 3 aromatic heterocycles. The van der Waals surface area contributed by atoms with Gasteiger partial charge in [0.1, 0.15) is 10.7 Å². The van der Waals surface area contributed by atoms with E-state index in [-0.39, 0.29) is 5.56 Å². The standard InChI is InChI=1S/C12H10N4OS/c1-8-6-10(17)14-15-12(8)9-2-3-11(18-9)16-5-4-13-7-16/h2-7H,1H3,(H,14,17). The molecule has 0 saturated carbocycles. The van der Waals surface area contributed by atoms with Crippen molar-refractivity contribution in [3.63, 3.8) is 0 Å². The second-order valence-corrected chi connectivity index (χ2v) is 4.93. The molecule has 18 heavy (non-hydrogen) atoms. The van der Waals surface area contributed by atoms with Gasteiger partial charge in [0.2, 0.25) is 0 Å². The van der Waals surface area contributed by atoms with Crippen molar-refractivity contribution in [2.75, 3.05) is 0 Å². The van der Waals surface area contributed by atoms with Crippen molar-refractivity contribution in [2.24, 2.45) is 0 Å². The lowest BCUT2D eigenvalue weighted by atomic mass is 10.2. The van der Waals surface area contributed by atoms with Gasteiger partial charge in [-0.1, -0.05) is 0 Å². The molecule has 0 bridgehead atoms. The van der Waals surface area contributed by atoms with Gasteiger partial charge in [0.25, 0.3) is 5.56 Å². The van der Waals surface area contributed by atoms with Gasteiger partial charge in [0, 0.05) is 18.5 Å². The van der Waals surface area contributed by atoms with Crippen molar-refractivity contribution in [1.29, 1.82) is 0 Å². The van der Waals surface area contributed by atoms with Crippen LogP contribution in [0.3, 0.4) is 0 Å². The molecule has 0 aliphatic carbocycles. The van der Waals surface area contributed by atoms with E-state index >= 15 is 0 Å². The molecule has 0 radical (unpaired) electrons. The van der Waals surface area contributed by atoms with E-state index in [0.29, 0.717) is 0 Å². The van der Waals surface area contributed by atoms with E-state index < -0.39 is 0 Å². The Balaban J connectivity index is 2.05. The fourth-order valence-corrected chi connectivity index (χ4v) is 2.74. The highest BCUT2D eigenvalue weighted by Gasteiger charge is 2.08. The molecule has 1 N–H and O–H groups in total. The Hall–Kier alpha value is -2.21. The van der Waals surface area contributed by atoms with Gasteiger partial charge in [0.05, 0.1) is 11.2 Å². The normalized spacial score (nSPS) is 10.7. The predicted molar refractivity (Wildman–Crippen MR) is 70.0 cm³/mol. The van der Waals surface area contributed by atoms with Crippen molar-refractivity contribution in [3.05, 3.63) is 52.8 Å². The van der Waals surface area contributed by atoms with Crippen LogP contribution in [0.1, 0.15) is 5.56 Å². The second-order valence-electron chi connectivity index (χ2n) is 3.87. The zero-order valence-corrected chi connectivity index (χ0v) is 10.4. The first-order chi connectivity index (χ1) is 8.74. The van der Waals surface area contributed by atoms with E-state index in [1.807, 2.05) is 29.8 Å². The number of nitrogens with one attached hydrogen (secondary N) is 1. The van der Waals surface area contributed by atoms with E-state index in [1.165, 1.54) is 0 Å². The van der Waals surface area contributed by atoms with Gasteiger partial charge in [-0.15, -0.1) is 11.3 Å². The van der Waals surface area contributed by atoms with Gasteiger partial charge in [-0.2, -0.15) is 5.10 Å². The molecular formula is C12H10N4OS. The van der Waals surface area contributed by atoms with Gasteiger partial charge in [-0.3, -0.25) is 9.36 Å². The Morgan fingerprint density at radius 3 is 3.00 bits per heavy atom. The molecule has 0 aliphatic heterocycles. The maximum Gasteiger partial charge on any atom is 0.264 e. The van der Waals surface area contributed by atoms with Crippen LogP contribution in [0.4, 0.5) is 0 Å². The van der Waals surface area contributed by atoms with Crippen LogP contribution < -0.4 is 5.56 Å². The lowest BCUT2D eigenvalue weighted by Gasteiger charge is -1.99. The Morgan fingerprint density at radius 1 is 1.39 bits per heavy atom. The molecule has 0 atom stereocenters. The van der Waals surface area contributed by atoms with E-state index in [4.69, 9.17) is 0 Å². The van der Waals surface area contributed by atoms with Gasteiger partial charge < -0.3 is 0 Å². The number of aromatic nitrogens is 4. The molecule has 0 aliphatic rings. The number of aryl methyl sites for hydroxylation is 1. The lowest BCUT2D eigenvalue weighted by Crippen LogP contribution is -2.07. The third-order valence-electron chi connectivity index (χ3n) is 2.58. The van der Waals surface area contributed by atoms with E-state index in [0.717, 1.165) is 21.1 Å². The maximum absolute atomic E-state index is 11.1. The average Bonchev–Trinajstić information content (AvgIpc) is 2.99. The quantitative estimate of drug-likeness (QED) is 0.764. The molecule has 0 saturated heterocycles. The lowest BCUT2D eigenvalue weighted by molar-refractivity contribution is 0.984. The molecule has 0 amide bonds. The largest absolute Gasteiger partial charge is 0.298 e. The number of thiophene rings is 1. The highest BCUT2D eigenvalue weighted by atomic mass is 32.1. The number of imidazole rings is 1. The Labute approximate surface area is 107 Å². The summed E-state index contributed by atoms with van der Waals surface area (Å²) < 4.78 is 1.94. The maximum atomic E-state index is 11.1. The summed E-state index contributed by atoms with van der Waals surface area (Å²) in [5.41, 5.74) is 1.51. The molecule has 90 valence electrons. The minimum atomic E-state index is -0.178. The first-order valence-corrected chi connectivity index (χ1v) is 6.20. The number of hydrogen-bond acceptors (Lipinski definition) is 4. The second kappa shape index (κ2) is 4.23. The Kier molecular flexibility index (Phi) is 2.56. The first-order valence-electron chi connectivity index (χ1n) is 5.39. The Bertz CT molecular complexity index is 727. The van der Waals surface area contributed by atoms with Gasteiger partial charge in [0.15, 0.2) is 0 Å². The summed E-state index contributed by atoms with van der Waals surface area (Å²) >= 11 is 1.60. The summed E-state index contributed by atoms with van der Waals surface area (Å²) in [6, 6.07) is 5.56. The van der Waals surface area contributed by atoms with E-state index in [1.54, 1.807) is 29.9 Å². The summed E-state index contributed by atoms with van der Waals surface area (Å²) in [5, 5.41) is 7.62. The zero-order valence-electron chi connectivity index (χ0n) is 9.62. The number of aromatic amines is 1. The third-order valence-corrected chi connectivity index (χ3v) is 3.69. The molecule has 5 nitrogen and oxygen atoms in total. The summed E-state index contributed by atoms with van der Waals surface area (Å²) in [6.45, 7) is 1.88. The van der Waals surface area contributed by atoms with Crippen LogP contribution in [0, 0.1) is 6.92 Å². The molecule has 0 unspecified atom stereocenters. The van der Waals surface area contributed by atoms with Crippen molar-refractivity contribution < 1.29 is 0 Å². The summed E-state index contributed by atoms with van der Waals surface area (Å²) in [7, 11) is 0. The topological polar surface area (TPSA) is 63.6 Å². The van der Waals surface area contributed by atoms with E-state index in [9.17, 15) is 4.79 Å². The van der Waals surface area contributed by atoms with Gasteiger partial charge in [-0.25, -0.2) is 10.1 Å². The molecule has 6 heteroatoms. The number of rotatable bonds is 2. The minimum Gasteiger partial charge on any atom is -0.298 e. The Morgan fingerprint density at radius 2 is 2.28 bits per heavy atom. The number of hydrogen-bond donors (Lipinski definition) is 1. The molecule has 3 rings (SSSR count). The fraction of sp³-hybridized carbons (Fsp3) is 0.0833. The van der Waals surface area contributed by atoms with Crippen LogP contribution in [0.25, 0.3) is 15.6 Å². The summed E-state index contributed by atoms with van der Waals surface area (Å²) in [5.74, 6) is 0. The van der Waals surface area contributed by atoms with Crippen LogP contribution in [-0.4, -0.2) is 19.7 Å². The fourth-order valence-electron chi connectivity index (χ4n) is 1.73. The zero-order chi connectivity index (χ0) is 12.5. The molecule has 0 spiro atoms. The van der Waals surface area contributed by atoms with Crippen LogP contribution >= 0.6 is 11.3 Å². The predicted octanol–water partition coefficient (Wildman–Crippen LogP) is 1.99. The molecule has 0 aromatic carbocycles. The van der Waals surface area contributed by atoms with Crippen LogP contribution in [0.5, 0.6) is 0 Å². The van der Waals surface area contributed by atoms with Crippen LogP contribution in [0.15, 0.2) is 41.7 Å². The highest BCUT2D eigenvalue weighted by Crippen LogP contribution is 2.29. The van der Waals surface area contributed by atoms with Crippen molar-refractivity contribution in [1.82, 2.24) is 19.7 Å². The molecule has 3 aromatic rings. The smallest absolute Gasteiger partial charge is 0.264 e. The average molecular weight is 258 g/mol. The highest BCUT2D eigenvalue weighted by molar-refractivity contribution is 7.17. The minimum absolute atomic E-state index is 0.178. The SMILES string of the molecule is Cc1cc(=O)[nH]nc1-c1ccc(-n2ccnc2)s1. The van der Waals surface area contributed by atoms with Crippen molar-refractivity contribution in [2.45, 2.75) is 6.92 Å². The monoisotopic (exact) mass is 258 g/mol. The molecule has 3 heterocycles. The molecular weight excluding hydrogens is 248 g/mol. The van der Waals surface area contributed by atoms with Gasteiger partial charge >= 0.3 is 0 Å². The van der Waals surface area contributed by atoms with Crippen LogP contribution in [0.2, 0.25) is 0 Å². The van der Waals surface area contributed by atoms with Gasteiger partial charge in [-0.05, 0) is 24.6 Å². The van der Waals surface area contributed by atoms with Crippen molar-refractivity contribution in [3.8, 4) is 15.6 Å². The van der Waals surface area contributed by atoms with Crippen LogP contribution in [-0.2, 0) is 0 Å². The first kappa shape index (κ1) is 10.9. The van der Waals surface area contributed by atoms with Crippen molar-refractivity contribution >= 4 is 11.3 Å². The molecule has 0 fully saturated rings. The van der Waals surface area contributed by atoms with E-state index in [2.05, 4.69) is 15.2 Å². The summed E-state index contributed by atoms with van der Waals surface area (Å²) in [6.07, 6.45) is 5.38. The number of H-pyrrole nitrogens is 1. The summed E-state index contributed by atoms with van der Waals surface area (Å²) in [4.78, 5) is 16.2. The third kappa shape index (κ3) is 1.86.